The Morgan fingerprint density at radius 2 is 1.28 bits per heavy atom. The van der Waals surface area contributed by atoms with Crippen molar-refractivity contribution in [3.63, 3.8) is 0 Å². The minimum Gasteiger partial charge on any atom is -0.481 e. The highest BCUT2D eigenvalue weighted by atomic mass is 24.3. The molecule has 0 saturated heterocycles. The largest absolute Gasteiger partial charge is 0.481 e. The zero-order valence-corrected chi connectivity index (χ0v) is 16.8. The van der Waals surface area contributed by atoms with Crippen LogP contribution in [0.25, 0.3) is 0 Å². The number of carbonyl (C=O) groups is 1. The molecule has 25 heavy (non-hydrogen) atoms. The van der Waals surface area contributed by atoms with Crippen molar-refractivity contribution >= 4 is 29.0 Å². The number of carboxylic acids is 1. The average molecular weight is 365 g/mol. The lowest BCUT2D eigenvalue weighted by molar-refractivity contribution is -0.145. The summed E-state index contributed by atoms with van der Waals surface area (Å²) in [6, 6.07) is 0. The van der Waals surface area contributed by atoms with Crippen LogP contribution < -0.4 is 0 Å². The fourth-order valence-electron chi connectivity index (χ4n) is 3.17. The first-order valence-electron chi connectivity index (χ1n) is 10.3. The number of hydrogen-bond donors (Lipinski definition) is 1. The third-order valence-electron chi connectivity index (χ3n) is 4.85. The number of rotatable bonds is 15. The van der Waals surface area contributed by atoms with E-state index in [4.69, 9.17) is 0 Å². The Morgan fingerprint density at radius 1 is 0.840 bits per heavy atom. The molecule has 0 aliphatic carbocycles. The minimum atomic E-state index is -0.639. The first kappa shape index (κ1) is 27.2. The summed E-state index contributed by atoms with van der Waals surface area (Å²) >= 11 is 0. The molecule has 0 amide bonds. The van der Waals surface area contributed by atoms with E-state index in [1.165, 1.54) is 64.2 Å². The summed E-state index contributed by atoms with van der Waals surface area (Å²) in [6.45, 7) is 8.35. The van der Waals surface area contributed by atoms with E-state index < -0.39 is 5.97 Å². The summed E-state index contributed by atoms with van der Waals surface area (Å²) < 4.78 is 0. The van der Waals surface area contributed by atoms with E-state index in [2.05, 4.69) is 19.1 Å². The molecule has 0 aromatic heterocycles. The molecular weight excluding hydrogens is 321 g/mol. The molecule has 1 unspecified atom stereocenters. The second kappa shape index (κ2) is 17.4. The fourth-order valence-corrected chi connectivity index (χ4v) is 3.17. The SMILES string of the molecule is CCCCCCCC/C=C\CCCCCCC(C(=O)O)C(C)(C)C.[MgH2]. The Morgan fingerprint density at radius 3 is 1.72 bits per heavy atom. The van der Waals surface area contributed by atoms with E-state index in [-0.39, 0.29) is 34.4 Å². The van der Waals surface area contributed by atoms with Gasteiger partial charge in [-0.2, -0.15) is 0 Å². The zero-order chi connectivity index (χ0) is 18.3. The van der Waals surface area contributed by atoms with E-state index in [9.17, 15) is 9.90 Å². The van der Waals surface area contributed by atoms with Crippen molar-refractivity contribution in [2.24, 2.45) is 11.3 Å². The normalized spacial score (nSPS) is 13.0. The van der Waals surface area contributed by atoms with Gasteiger partial charge in [0.1, 0.15) is 0 Å². The molecule has 0 aliphatic rings. The molecule has 3 heteroatoms. The van der Waals surface area contributed by atoms with Crippen LogP contribution in [0.1, 0.15) is 111 Å². The van der Waals surface area contributed by atoms with Gasteiger partial charge in [0.2, 0.25) is 0 Å². The van der Waals surface area contributed by atoms with Gasteiger partial charge < -0.3 is 5.11 Å². The quantitative estimate of drug-likeness (QED) is 0.205. The topological polar surface area (TPSA) is 37.3 Å². The van der Waals surface area contributed by atoms with Crippen LogP contribution in [0.3, 0.4) is 0 Å². The molecule has 0 spiro atoms. The second-order valence-electron chi connectivity index (χ2n) is 8.28. The molecule has 0 heterocycles. The van der Waals surface area contributed by atoms with Crippen molar-refractivity contribution in [1.82, 2.24) is 0 Å². The van der Waals surface area contributed by atoms with Gasteiger partial charge in [-0.25, -0.2) is 0 Å². The predicted molar refractivity (Wildman–Crippen MR) is 114 cm³/mol. The van der Waals surface area contributed by atoms with Crippen molar-refractivity contribution in [3.8, 4) is 0 Å². The van der Waals surface area contributed by atoms with Gasteiger partial charge in [-0.1, -0.05) is 91.2 Å². The van der Waals surface area contributed by atoms with Crippen molar-refractivity contribution < 1.29 is 9.90 Å². The lowest BCUT2D eigenvalue weighted by atomic mass is 9.78. The molecule has 1 N–H and O–H groups in total. The number of hydrogen-bond acceptors (Lipinski definition) is 1. The highest BCUT2D eigenvalue weighted by Crippen LogP contribution is 2.30. The summed E-state index contributed by atoms with van der Waals surface area (Å²) in [7, 11) is 0. The average Bonchev–Trinajstić information content (AvgIpc) is 2.49. The highest BCUT2D eigenvalue weighted by Gasteiger charge is 2.30. The fraction of sp³-hybridized carbons (Fsp3) is 0.864. The van der Waals surface area contributed by atoms with Crippen molar-refractivity contribution in [2.45, 2.75) is 111 Å². The second-order valence-corrected chi connectivity index (χ2v) is 8.28. The number of carboxylic acid groups (broad SMARTS) is 1. The van der Waals surface area contributed by atoms with E-state index in [1.54, 1.807) is 0 Å². The molecule has 0 radical (unpaired) electrons. The molecule has 0 saturated carbocycles. The van der Waals surface area contributed by atoms with Crippen LogP contribution in [-0.2, 0) is 4.79 Å². The third-order valence-corrected chi connectivity index (χ3v) is 4.85. The van der Waals surface area contributed by atoms with E-state index >= 15 is 0 Å². The van der Waals surface area contributed by atoms with Crippen LogP contribution in [0.15, 0.2) is 12.2 Å². The van der Waals surface area contributed by atoms with Crippen LogP contribution in [0, 0.1) is 11.3 Å². The van der Waals surface area contributed by atoms with Gasteiger partial charge in [0, 0.05) is 0 Å². The van der Waals surface area contributed by atoms with Gasteiger partial charge in [-0.15, -0.1) is 0 Å². The molecule has 0 rings (SSSR count). The number of unbranched alkanes of at least 4 members (excludes halogenated alkanes) is 10. The molecule has 0 aromatic rings. The molecule has 2 nitrogen and oxygen atoms in total. The van der Waals surface area contributed by atoms with E-state index in [1.807, 2.05) is 20.8 Å². The molecule has 0 fully saturated rings. The molecular formula is C22H44MgO2. The molecule has 0 aromatic carbocycles. The first-order valence-corrected chi connectivity index (χ1v) is 10.3. The molecule has 1 atom stereocenters. The molecule has 0 bridgehead atoms. The third kappa shape index (κ3) is 17.2. The van der Waals surface area contributed by atoms with Gasteiger partial charge in [0.15, 0.2) is 0 Å². The molecule has 146 valence electrons. The summed E-state index contributed by atoms with van der Waals surface area (Å²) in [4.78, 5) is 11.3. The van der Waals surface area contributed by atoms with Gasteiger partial charge >= 0.3 is 29.0 Å². The maximum atomic E-state index is 11.3. The maximum Gasteiger partial charge on any atom is 0.316 e. The van der Waals surface area contributed by atoms with Gasteiger partial charge in [-0.05, 0) is 37.5 Å². The lowest BCUT2D eigenvalue weighted by Gasteiger charge is -2.26. The Kier molecular flexibility index (Phi) is 18.9. The summed E-state index contributed by atoms with van der Waals surface area (Å²) in [5.74, 6) is -0.852. The highest BCUT2D eigenvalue weighted by molar-refractivity contribution is 5.75. The van der Waals surface area contributed by atoms with Crippen LogP contribution in [-0.4, -0.2) is 34.1 Å². The summed E-state index contributed by atoms with van der Waals surface area (Å²) in [5, 5.41) is 9.30. The van der Waals surface area contributed by atoms with Crippen molar-refractivity contribution in [3.05, 3.63) is 12.2 Å². The van der Waals surface area contributed by atoms with Gasteiger partial charge in [0.05, 0.1) is 5.92 Å². The summed E-state index contributed by atoms with van der Waals surface area (Å²) in [6.07, 6.45) is 20.8. The minimum absolute atomic E-state index is 0. The maximum absolute atomic E-state index is 11.3. The van der Waals surface area contributed by atoms with E-state index in [0.29, 0.717) is 0 Å². The molecule has 0 aliphatic heterocycles. The Hall–Kier alpha value is -0.0238. The van der Waals surface area contributed by atoms with Crippen LogP contribution in [0.4, 0.5) is 0 Å². The van der Waals surface area contributed by atoms with Crippen LogP contribution in [0.2, 0.25) is 0 Å². The first-order chi connectivity index (χ1) is 11.4. The Balaban J connectivity index is 0. The van der Waals surface area contributed by atoms with Crippen LogP contribution in [0.5, 0.6) is 0 Å². The number of aliphatic carboxylic acids is 1. The monoisotopic (exact) mass is 364 g/mol. The predicted octanol–water partition coefficient (Wildman–Crippen LogP) is 6.46. The Bertz CT molecular complexity index is 331. The summed E-state index contributed by atoms with van der Waals surface area (Å²) in [5.41, 5.74) is -0.134. The standard InChI is InChI=1S/C22H42O2.Mg.2H/c1-5-6-7-8-9-10-11-12-13-14-15-16-17-18-19-20(21(23)24)22(2,3)4;;;/h12-13,20H,5-11,14-19H2,1-4H3,(H,23,24);;;/b13-12-;;;. The van der Waals surface area contributed by atoms with Crippen LogP contribution >= 0.6 is 0 Å². The smallest absolute Gasteiger partial charge is 0.316 e. The van der Waals surface area contributed by atoms with Gasteiger partial charge in [0.25, 0.3) is 0 Å². The Labute approximate surface area is 173 Å². The van der Waals surface area contributed by atoms with Gasteiger partial charge in [-0.3, -0.25) is 4.79 Å². The lowest BCUT2D eigenvalue weighted by Crippen LogP contribution is -2.28. The van der Waals surface area contributed by atoms with E-state index in [0.717, 1.165) is 19.3 Å². The zero-order valence-electron chi connectivity index (χ0n) is 16.8. The number of allylic oxidation sites excluding steroid dienone is 2. The van der Waals surface area contributed by atoms with Crippen molar-refractivity contribution in [2.75, 3.05) is 0 Å². The van der Waals surface area contributed by atoms with Crippen molar-refractivity contribution in [1.29, 1.82) is 0 Å².